The number of nitrogens with zero attached hydrogens (tertiary/aromatic N) is 3. The molecule has 2 saturated heterocycles. The minimum Gasteiger partial charge on any atom is -0.368 e. The van der Waals surface area contributed by atoms with E-state index in [0.717, 1.165) is 19.0 Å². The van der Waals surface area contributed by atoms with Gasteiger partial charge in [0.05, 0.1) is 6.20 Å². The molecule has 0 saturated carbocycles. The summed E-state index contributed by atoms with van der Waals surface area (Å²) in [6.45, 7) is 5.72. The van der Waals surface area contributed by atoms with E-state index in [4.69, 9.17) is 5.73 Å². The molecule has 0 radical (unpaired) electrons. The molecule has 1 aromatic rings. The Hall–Kier alpha value is -1.43. The number of anilines is 2. The van der Waals surface area contributed by atoms with Crippen LogP contribution in [0.5, 0.6) is 0 Å². The second-order valence-electron chi connectivity index (χ2n) is 6.51. The zero-order chi connectivity index (χ0) is 14.3. The SMILES string of the molecule is CC1(C)CC(Nc2nc(N)ncc2F)CC2CCCN21. The molecule has 0 amide bonds. The topological polar surface area (TPSA) is 67.1 Å². The van der Waals surface area contributed by atoms with Crippen molar-refractivity contribution < 1.29 is 4.39 Å². The molecule has 2 aliphatic rings. The van der Waals surface area contributed by atoms with E-state index in [1.165, 1.54) is 19.4 Å². The highest BCUT2D eigenvalue weighted by atomic mass is 19.1. The van der Waals surface area contributed by atoms with Gasteiger partial charge in [-0.05, 0) is 46.1 Å². The highest BCUT2D eigenvalue weighted by Crippen LogP contribution is 2.38. The van der Waals surface area contributed by atoms with Gasteiger partial charge < -0.3 is 11.1 Å². The van der Waals surface area contributed by atoms with Gasteiger partial charge in [-0.3, -0.25) is 4.90 Å². The van der Waals surface area contributed by atoms with Crippen LogP contribution in [-0.4, -0.2) is 39.0 Å². The molecule has 110 valence electrons. The zero-order valence-corrected chi connectivity index (χ0v) is 12.1. The highest BCUT2D eigenvalue weighted by molar-refractivity contribution is 5.40. The number of halogens is 1. The Morgan fingerprint density at radius 1 is 1.50 bits per heavy atom. The molecular formula is C14H22FN5. The van der Waals surface area contributed by atoms with Gasteiger partial charge in [0.1, 0.15) is 0 Å². The number of aromatic nitrogens is 2. The molecule has 0 bridgehead atoms. The predicted molar refractivity (Wildman–Crippen MR) is 76.9 cm³/mol. The second-order valence-corrected chi connectivity index (χ2v) is 6.51. The first kappa shape index (κ1) is 13.5. The largest absolute Gasteiger partial charge is 0.368 e. The fraction of sp³-hybridized carbons (Fsp3) is 0.714. The van der Waals surface area contributed by atoms with Crippen molar-refractivity contribution in [2.75, 3.05) is 17.6 Å². The summed E-state index contributed by atoms with van der Waals surface area (Å²) in [6.07, 6.45) is 5.63. The van der Waals surface area contributed by atoms with Crippen molar-refractivity contribution in [1.29, 1.82) is 0 Å². The van der Waals surface area contributed by atoms with Gasteiger partial charge in [0, 0.05) is 17.6 Å². The van der Waals surface area contributed by atoms with E-state index in [2.05, 4.69) is 34.0 Å². The number of fused-ring (bicyclic) bond motifs is 1. The number of rotatable bonds is 2. The number of hydrogen-bond donors (Lipinski definition) is 2. The Morgan fingerprint density at radius 3 is 3.10 bits per heavy atom. The van der Waals surface area contributed by atoms with Crippen LogP contribution in [0.1, 0.15) is 39.5 Å². The van der Waals surface area contributed by atoms with Crippen molar-refractivity contribution >= 4 is 11.8 Å². The molecular weight excluding hydrogens is 257 g/mol. The molecule has 5 nitrogen and oxygen atoms in total. The van der Waals surface area contributed by atoms with Crippen molar-refractivity contribution in [3.8, 4) is 0 Å². The van der Waals surface area contributed by atoms with Crippen molar-refractivity contribution in [1.82, 2.24) is 14.9 Å². The third-order valence-corrected chi connectivity index (χ3v) is 4.56. The summed E-state index contributed by atoms with van der Waals surface area (Å²) >= 11 is 0. The maximum atomic E-state index is 13.7. The lowest BCUT2D eigenvalue weighted by molar-refractivity contribution is 0.0500. The van der Waals surface area contributed by atoms with E-state index in [0.29, 0.717) is 6.04 Å². The molecule has 2 atom stereocenters. The van der Waals surface area contributed by atoms with Gasteiger partial charge in [0.25, 0.3) is 0 Å². The third-order valence-electron chi connectivity index (χ3n) is 4.56. The Bertz CT molecular complexity index is 504. The van der Waals surface area contributed by atoms with E-state index < -0.39 is 5.82 Å². The summed E-state index contributed by atoms with van der Waals surface area (Å²) in [5.74, 6) is -0.109. The lowest BCUT2D eigenvalue weighted by Gasteiger charge is -2.47. The van der Waals surface area contributed by atoms with Gasteiger partial charge in [-0.1, -0.05) is 0 Å². The number of nitrogens with two attached hydrogens (primary N) is 1. The Labute approximate surface area is 118 Å². The lowest BCUT2D eigenvalue weighted by atomic mass is 9.84. The monoisotopic (exact) mass is 279 g/mol. The summed E-state index contributed by atoms with van der Waals surface area (Å²) in [7, 11) is 0. The fourth-order valence-corrected chi connectivity index (χ4v) is 3.79. The molecule has 20 heavy (non-hydrogen) atoms. The summed E-state index contributed by atoms with van der Waals surface area (Å²) < 4.78 is 13.7. The Kier molecular flexibility index (Phi) is 3.28. The van der Waals surface area contributed by atoms with E-state index in [-0.39, 0.29) is 23.3 Å². The van der Waals surface area contributed by atoms with Gasteiger partial charge in [0.15, 0.2) is 11.6 Å². The summed E-state index contributed by atoms with van der Waals surface area (Å²) in [5, 5.41) is 3.23. The number of nitrogens with one attached hydrogen (secondary N) is 1. The minimum absolute atomic E-state index is 0.103. The van der Waals surface area contributed by atoms with E-state index >= 15 is 0 Å². The second kappa shape index (κ2) is 4.84. The number of piperidine rings is 1. The molecule has 3 heterocycles. The zero-order valence-electron chi connectivity index (χ0n) is 12.1. The number of nitrogen functional groups attached to an aromatic ring is 1. The van der Waals surface area contributed by atoms with Crippen LogP contribution in [0.4, 0.5) is 16.2 Å². The predicted octanol–water partition coefficient (Wildman–Crippen LogP) is 2.02. The van der Waals surface area contributed by atoms with E-state index in [1.807, 2.05) is 0 Å². The molecule has 2 aliphatic heterocycles. The highest BCUT2D eigenvalue weighted by Gasteiger charge is 2.42. The summed E-state index contributed by atoms with van der Waals surface area (Å²) in [4.78, 5) is 10.2. The molecule has 3 N–H and O–H groups in total. The van der Waals surface area contributed by atoms with Crippen molar-refractivity contribution in [3.63, 3.8) is 0 Å². The summed E-state index contributed by atoms with van der Waals surface area (Å²) in [6, 6.07) is 0.826. The average molecular weight is 279 g/mol. The average Bonchev–Trinajstić information content (AvgIpc) is 2.82. The van der Waals surface area contributed by atoms with Crippen molar-refractivity contribution in [3.05, 3.63) is 12.0 Å². The molecule has 2 unspecified atom stereocenters. The molecule has 0 spiro atoms. The fourth-order valence-electron chi connectivity index (χ4n) is 3.79. The van der Waals surface area contributed by atoms with Crippen LogP contribution in [0.2, 0.25) is 0 Å². The van der Waals surface area contributed by atoms with Gasteiger partial charge in [-0.2, -0.15) is 4.98 Å². The first-order valence-electron chi connectivity index (χ1n) is 7.27. The minimum atomic E-state index is -0.439. The van der Waals surface area contributed by atoms with E-state index in [9.17, 15) is 4.39 Å². The Morgan fingerprint density at radius 2 is 2.30 bits per heavy atom. The molecule has 2 fully saturated rings. The number of hydrogen-bond acceptors (Lipinski definition) is 5. The molecule has 0 aliphatic carbocycles. The van der Waals surface area contributed by atoms with Crippen LogP contribution in [0, 0.1) is 5.82 Å². The van der Waals surface area contributed by atoms with E-state index in [1.54, 1.807) is 0 Å². The summed E-state index contributed by atoms with van der Waals surface area (Å²) in [5.41, 5.74) is 5.68. The van der Waals surface area contributed by atoms with Crippen LogP contribution in [0.25, 0.3) is 0 Å². The Balaban J connectivity index is 1.76. The van der Waals surface area contributed by atoms with Gasteiger partial charge in [-0.25, -0.2) is 9.37 Å². The maximum absolute atomic E-state index is 13.7. The maximum Gasteiger partial charge on any atom is 0.222 e. The van der Waals surface area contributed by atoms with Crippen molar-refractivity contribution in [2.45, 2.75) is 57.2 Å². The van der Waals surface area contributed by atoms with Crippen LogP contribution in [0.3, 0.4) is 0 Å². The first-order valence-corrected chi connectivity index (χ1v) is 7.27. The molecule has 1 aromatic heterocycles. The molecule has 0 aromatic carbocycles. The standard InChI is InChI=1S/C14H22FN5/c1-14(2)7-9(6-10-4-3-5-20(10)14)18-12-11(15)8-17-13(16)19-12/h8-10H,3-7H2,1-2H3,(H3,16,17,18,19). The molecule has 6 heteroatoms. The molecule has 3 rings (SSSR count). The lowest BCUT2D eigenvalue weighted by Crippen LogP contribution is -2.55. The van der Waals surface area contributed by atoms with Crippen molar-refractivity contribution in [2.24, 2.45) is 0 Å². The van der Waals surface area contributed by atoms with Crippen LogP contribution >= 0.6 is 0 Å². The van der Waals surface area contributed by atoms with Gasteiger partial charge in [0.2, 0.25) is 5.95 Å². The van der Waals surface area contributed by atoms with Crippen LogP contribution < -0.4 is 11.1 Å². The normalized spacial score (nSPS) is 29.1. The quantitative estimate of drug-likeness (QED) is 0.867. The smallest absolute Gasteiger partial charge is 0.222 e. The van der Waals surface area contributed by atoms with Gasteiger partial charge >= 0.3 is 0 Å². The first-order chi connectivity index (χ1) is 9.45. The van der Waals surface area contributed by atoms with Crippen LogP contribution in [-0.2, 0) is 0 Å². The third kappa shape index (κ3) is 2.44. The van der Waals surface area contributed by atoms with Gasteiger partial charge in [-0.15, -0.1) is 0 Å². The van der Waals surface area contributed by atoms with Crippen LogP contribution in [0.15, 0.2) is 6.20 Å².